The van der Waals surface area contributed by atoms with Crippen molar-refractivity contribution in [1.29, 1.82) is 0 Å². The van der Waals surface area contributed by atoms with Gasteiger partial charge in [0, 0.05) is 6.20 Å². The third-order valence-electron chi connectivity index (χ3n) is 2.60. The molecule has 7 nitrogen and oxygen atoms in total. The van der Waals surface area contributed by atoms with Gasteiger partial charge in [0.25, 0.3) is 5.56 Å². The first-order valence-corrected chi connectivity index (χ1v) is 5.29. The molecule has 2 heterocycles. The molecule has 0 saturated carbocycles. The number of morpholine rings is 1. The molecule has 0 aromatic carbocycles. The van der Waals surface area contributed by atoms with Gasteiger partial charge in [0.15, 0.2) is 5.78 Å². The zero-order valence-corrected chi connectivity index (χ0v) is 9.43. The molecule has 1 aliphatic heterocycles. The first-order valence-electron chi connectivity index (χ1n) is 5.29. The predicted octanol–water partition coefficient (Wildman–Crippen LogP) is -1.29. The van der Waals surface area contributed by atoms with E-state index >= 15 is 0 Å². The highest BCUT2D eigenvalue weighted by Gasteiger charge is 2.15. The number of carbonyl (C=O) groups excluding carboxylic acids is 1. The number of nitrogens with zero attached hydrogens (tertiary/aromatic N) is 2. The zero-order valence-electron chi connectivity index (χ0n) is 9.43. The van der Waals surface area contributed by atoms with Gasteiger partial charge in [-0.1, -0.05) is 0 Å². The third kappa shape index (κ3) is 2.28. The molecular weight excluding hydrogens is 226 g/mol. The fraction of sp³-hybridized carbons (Fsp3) is 0.500. The summed E-state index contributed by atoms with van der Waals surface area (Å²) in [4.78, 5) is 36.4. The number of ketones is 1. The highest BCUT2D eigenvalue weighted by Crippen LogP contribution is 1.96. The van der Waals surface area contributed by atoms with Crippen LogP contribution in [0, 0.1) is 0 Å². The van der Waals surface area contributed by atoms with Crippen molar-refractivity contribution >= 4 is 5.78 Å². The van der Waals surface area contributed by atoms with E-state index in [0.29, 0.717) is 26.3 Å². The number of aromatic nitrogens is 2. The van der Waals surface area contributed by atoms with Crippen molar-refractivity contribution in [2.45, 2.75) is 6.92 Å². The molecule has 1 aliphatic rings. The van der Waals surface area contributed by atoms with Crippen LogP contribution in [0.1, 0.15) is 17.3 Å². The van der Waals surface area contributed by atoms with E-state index in [-0.39, 0.29) is 11.3 Å². The number of rotatable bonds is 2. The molecule has 0 radical (unpaired) electrons. The van der Waals surface area contributed by atoms with Crippen LogP contribution in [0.3, 0.4) is 0 Å². The van der Waals surface area contributed by atoms with Gasteiger partial charge in [-0.2, -0.15) is 0 Å². The second-order valence-electron chi connectivity index (χ2n) is 3.77. The smallest absolute Gasteiger partial charge is 0.347 e. The molecule has 1 N–H and O–H groups in total. The van der Waals surface area contributed by atoms with Crippen LogP contribution in [0.5, 0.6) is 0 Å². The molecule has 17 heavy (non-hydrogen) atoms. The molecule has 7 heteroatoms. The lowest BCUT2D eigenvalue weighted by molar-refractivity contribution is 0.101. The Morgan fingerprint density at radius 3 is 2.59 bits per heavy atom. The summed E-state index contributed by atoms with van der Waals surface area (Å²) in [6, 6.07) is 0. The van der Waals surface area contributed by atoms with Crippen LogP contribution in [0.4, 0.5) is 0 Å². The van der Waals surface area contributed by atoms with Crippen molar-refractivity contribution in [2.75, 3.05) is 31.3 Å². The summed E-state index contributed by atoms with van der Waals surface area (Å²) in [6.45, 7) is 3.41. The Kier molecular flexibility index (Phi) is 3.10. The number of carbonyl (C=O) groups is 1. The van der Waals surface area contributed by atoms with Gasteiger partial charge in [-0.05, 0) is 6.92 Å². The number of aromatic amines is 1. The minimum absolute atomic E-state index is 0.0175. The van der Waals surface area contributed by atoms with Gasteiger partial charge in [-0.3, -0.25) is 14.6 Å². The quantitative estimate of drug-likeness (QED) is 0.649. The van der Waals surface area contributed by atoms with Crippen LogP contribution in [-0.4, -0.2) is 41.7 Å². The Morgan fingerprint density at radius 2 is 2.00 bits per heavy atom. The SMILES string of the molecule is CC(=O)c1cn(N2CCOCC2)c(=O)[nH]c1=O. The summed E-state index contributed by atoms with van der Waals surface area (Å²) in [7, 11) is 0. The van der Waals surface area contributed by atoms with Crippen molar-refractivity contribution in [1.82, 2.24) is 9.66 Å². The molecule has 1 aromatic rings. The van der Waals surface area contributed by atoms with Crippen LogP contribution in [-0.2, 0) is 4.74 Å². The van der Waals surface area contributed by atoms with Gasteiger partial charge in [0.2, 0.25) is 0 Å². The minimum atomic E-state index is -0.646. The lowest BCUT2D eigenvalue weighted by atomic mass is 10.2. The first-order chi connectivity index (χ1) is 8.09. The Labute approximate surface area is 96.6 Å². The minimum Gasteiger partial charge on any atom is -0.378 e. The average molecular weight is 239 g/mol. The highest BCUT2D eigenvalue weighted by molar-refractivity contribution is 5.93. The first kappa shape index (κ1) is 11.6. The number of hydrogen-bond donors (Lipinski definition) is 1. The Balaban J connectivity index is 2.46. The van der Waals surface area contributed by atoms with Gasteiger partial charge in [-0.25, -0.2) is 9.47 Å². The lowest BCUT2D eigenvalue weighted by Crippen LogP contribution is -2.51. The number of H-pyrrole nitrogens is 1. The van der Waals surface area contributed by atoms with Crippen LogP contribution in [0.25, 0.3) is 0 Å². The lowest BCUT2D eigenvalue weighted by Gasteiger charge is -2.29. The summed E-state index contributed by atoms with van der Waals surface area (Å²) in [6.07, 6.45) is 1.29. The molecule has 0 aliphatic carbocycles. The molecule has 0 bridgehead atoms. The summed E-state index contributed by atoms with van der Waals surface area (Å²) in [5, 5.41) is 1.73. The molecule has 2 rings (SSSR count). The second-order valence-corrected chi connectivity index (χ2v) is 3.77. The molecule has 1 aromatic heterocycles. The van der Waals surface area contributed by atoms with Gasteiger partial charge < -0.3 is 9.75 Å². The molecule has 0 amide bonds. The number of nitrogens with one attached hydrogen (secondary N) is 1. The van der Waals surface area contributed by atoms with E-state index in [0.717, 1.165) is 0 Å². The largest absolute Gasteiger partial charge is 0.378 e. The van der Waals surface area contributed by atoms with Crippen molar-refractivity contribution in [2.24, 2.45) is 0 Å². The van der Waals surface area contributed by atoms with Gasteiger partial charge >= 0.3 is 5.69 Å². The van der Waals surface area contributed by atoms with E-state index in [2.05, 4.69) is 4.98 Å². The fourth-order valence-corrected chi connectivity index (χ4v) is 1.69. The highest BCUT2D eigenvalue weighted by atomic mass is 16.5. The standard InChI is InChI=1S/C10H13N3O4/c1-7(14)8-6-13(10(16)11-9(8)15)12-2-4-17-5-3-12/h6H,2-5H2,1H3,(H,11,15,16). The van der Waals surface area contributed by atoms with Gasteiger partial charge in [0.1, 0.15) is 5.56 Å². The second kappa shape index (κ2) is 4.54. The van der Waals surface area contributed by atoms with Crippen LogP contribution in [0.2, 0.25) is 0 Å². The summed E-state index contributed by atoms with van der Waals surface area (Å²) in [5.74, 6) is -0.367. The maximum absolute atomic E-state index is 11.6. The van der Waals surface area contributed by atoms with Crippen molar-refractivity contribution in [3.8, 4) is 0 Å². The predicted molar refractivity (Wildman–Crippen MR) is 60.1 cm³/mol. The fourth-order valence-electron chi connectivity index (χ4n) is 1.69. The van der Waals surface area contributed by atoms with E-state index in [9.17, 15) is 14.4 Å². The zero-order chi connectivity index (χ0) is 12.4. The Bertz CT molecular complexity index is 539. The van der Waals surface area contributed by atoms with E-state index in [4.69, 9.17) is 4.74 Å². The van der Waals surface area contributed by atoms with E-state index in [1.807, 2.05) is 0 Å². The van der Waals surface area contributed by atoms with Crippen molar-refractivity contribution in [3.63, 3.8) is 0 Å². The molecule has 0 unspecified atom stereocenters. The molecule has 1 fully saturated rings. The Hall–Kier alpha value is -1.89. The normalized spacial score (nSPS) is 15.9. The summed E-state index contributed by atoms with van der Waals surface area (Å²) in [5.41, 5.74) is -1.20. The molecule has 92 valence electrons. The maximum Gasteiger partial charge on any atom is 0.347 e. The van der Waals surface area contributed by atoms with E-state index in [1.54, 1.807) is 5.01 Å². The molecule has 1 saturated heterocycles. The van der Waals surface area contributed by atoms with Gasteiger partial charge in [-0.15, -0.1) is 0 Å². The van der Waals surface area contributed by atoms with Crippen molar-refractivity contribution < 1.29 is 9.53 Å². The maximum atomic E-state index is 11.6. The summed E-state index contributed by atoms with van der Waals surface area (Å²) < 4.78 is 6.43. The monoisotopic (exact) mass is 239 g/mol. The van der Waals surface area contributed by atoms with E-state index < -0.39 is 11.2 Å². The van der Waals surface area contributed by atoms with Crippen LogP contribution >= 0.6 is 0 Å². The number of hydrogen-bond acceptors (Lipinski definition) is 5. The average Bonchev–Trinajstić information content (AvgIpc) is 2.29. The third-order valence-corrected chi connectivity index (χ3v) is 2.60. The molecule has 0 spiro atoms. The molecule has 0 atom stereocenters. The molecular formula is C10H13N3O4. The van der Waals surface area contributed by atoms with E-state index in [1.165, 1.54) is 17.8 Å². The van der Waals surface area contributed by atoms with Crippen molar-refractivity contribution in [3.05, 3.63) is 32.6 Å². The number of Topliss-reactive ketones (excluding diaryl/α,β-unsaturated/α-hetero) is 1. The topological polar surface area (TPSA) is 84.4 Å². The Morgan fingerprint density at radius 1 is 1.35 bits per heavy atom. The van der Waals surface area contributed by atoms with Crippen LogP contribution in [0.15, 0.2) is 15.8 Å². The van der Waals surface area contributed by atoms with Crippen LogP contribution < -0.4 is 16.3 Å². The number of ether oxygens (including phenoxy) is 1. The summed E-state index contributed by atoms with van der Waals surface area (Å²) >= 11 is 0. The van der Waals surface area contributed by atoms with Gasteiger partial charge in [0.05, 0.1) is 26.3 Å².